The molecule has 1 N–H and O–H groups in total. The van der Waals surface area contributed by atoms with Gasteiger partial charge >= 0.3 is 0 Å². The van der Waals surface area contributed by atoms with Gasteiger partial charge in [0.05, 0.1) is 46.2 Å². The van der Waals surface area contributed by atoms with Crippen LogP contribution in [0.2, 0.25) is 0 Å². The summed E-state index contributed by atoms with van der Waals surface area (Å²) in [6.45, 7) is 3.80. The molecule has 0 aliphatic carbocycles. The molecule has 0 heterocycles. The Morgan fingerprint density at radius 1 is 0.864 bits per heavy atom. The number of hydrogen-bond acceptors (Lipinski definition) is 6. The molecule has 1 aromatic carbocycles. The molecule has 0 radical (unpaired) electrons. The molecule has 0 aliphatic rings. The highest BCUT2D eigenvalue weighted by molar-refractivity contribution is 5.33. The van der Waals surface area contributed by atoms with E-state index in [2.05, 4.69) is 0 Å². The number of rotatable bonds is 13. The fourth-order valence-corrected chi connectivity index (χ4v) is 1.48. The molecule has 0 saturated heterocycles. The molecule has 0 aromatic heterocycles. The lowest BCUT2D eigenvalue weighted by Gasteiger charge is -2.08. The summed E-state index contributed by atoms with van der Waals surface area (Å²) in [4.78, 5) is 0. The Labute approximate surface area is 129 Å². The van der Waals surface area contributed by atoms with Gasteiger partial charge < -0.3 is 28.8 Å². The molecule has 6 nitrogen and oxygen atoms in total. The Morgan fingerprint density at radius 2 is 1.41 bits per heavy atom. The van der Waals surface area contributed by atoms with Crippen LogP contribution in [0.5, 0.6) is 11.5 Å². The zero-order valence-corrected chi connectivity index (χ0v) is 12.8. The van der Waals surface area contributed by atoms with Crippen LogP contribution in [-0.2, 0) is 18.9 Å². The lowest BCUT2D eigenvalue weighted by atomic mass is 10.3. The van der Waals surface area contributed by atoms with E-state index >= 15 is 0 Å². The molecule has 22 heavy (non-hydrogen) atoms. The monoisotopic (exact) mass is 318 g/mol. The third-order valence-corrected chi connectivity index (χ3v) is 2.59. The SMILES string of the molecule is COCCOCCOCCOCCOc1ccc(F)c(O)c1. The molecule has 1 aromatic rings. The topological polar surface area (TPSA) is 66.4 Å². The van der Waals surface area contributed by atoms with Gasteiger partial charge in [0.15, 0.2) is 11.6 Å². The van der Waals surface area contributed by atoms with E-state index in [1.807, 2.05) is 0 Å². The fraction of sp³-hybridized carbons (Fsp3) is 0.600. The van der Waals surface area contributed by atoms with Gasteiger partial charge in [0.1, 0.15) is 12.4 Å². The second-order valence-electron chi connectivity index (χ2n) is 4.29. The highest BCUT2D eigenvalue weighted by Crippen LogP contribution is 2.21. The van der Waals surface area contributed by atoms with Gasteiger partial charge in [-0.05, 0) is 12.1 Å². The van der Waals surface area contributed by atoms with Crippen LogP contribution in [0.25, 0.3) is 0 Å². The second kappa shape index (κ2) is 12.2. The maximum atomic E-state index is 12.8. The molecular formula is C15H23FO6. The fourth-order valence-electron chi connectivity index (χ4n) is 1.48. The average Bonchev–Trinajstić information content (AvgIpc) is 2.52. The lowest BCUT2D eigenvalue weighted by Crippen LogP contribution is -2.13. The molecule has 0 saturated carbocycles. The molecule has 0 bridgehead atoms. The highest BCUT2D eigenvalue weighted by Gasteiger charge is 2.01. The number of halogens is 1. The largest absolute Gasteiger partial charge is 0.505 e. The van der Waals surface area contributed by atoms with Gasteiger partial charge in [-0.2, -0.15) is 0 Å². The highest BCUT2D eigenvalue weighted by atomic mass is 19.1. The second-order valence-corrected chi connectivity index (χ2v) is 4.29. The summed E-state index contributed by atoms with van der Waals surface area (Å²) in [5.41, 5.74) is 0. The van der Waals surface area contributed by atoms with Crippen LogP contribution in [0.3, 0.4) is 0 Å². The Kier molecular flexibility index (Phi) is 10.3. The van der Waals surface area contributed by atoms with Crippen LogP contribution in [0.4, 0.5) is 4.39 Å². The molecular weight excluding hydrogens is 295 g/mol. The molecule has 0 spiro atoms. The third kappa shape index (κ3) is 8.78. The predicted molar refractivity (Wildman–Crippen MR) is 77.9 cm³/mol. The summed E-state index contributed by atoms with van der Waals surface area (Å²) in [7, 11) is 1.62. The predicted octanol–water partition coefficient (Wildman–Crippen LogP) is 1.61. The first-order chi connectivity index (χ1) is 10.7. The molecule has 0 aliphatic heterocycles. The van der Waals surface area contributed by atoms with Crippen molar-refractivity contribution >= 4 is 0 Å². The Morgan fingerprint density at radius 3 is 1.95 bits per heavy atom. The number of aromatic hydroxyl groups is 1. The van der Waals surface area contributed by atoms with E-state index < -0.39 is 11.6 Å². The van der Waals surface area contributed by atoms with Crippen molar-refractivity contribution in [1.82, 2.24) is 0 Å². The van der Waals surface area contributed by atoms with Crippen molar-refractivity contribution in [2.24, 2.45) is 0 Å². The van der Waals surface area contributed by atoms with E-state index in [-0.39, 0.29) is 0 Å². The quantitative estimate of drug-likeness (QED) is 0.557. The summed E-state index contributed by atoms with van der Waals surface area (Å²) in [5.74, 6) is -0.710. The van der Waals surface area contributed by atoms with Crippen molar-refractivity contribution in [2.75, 3.05) is 60.0 Å². The van der Waals surface area contributed by atoms with Crippen molar-refractivity contribution in [1.29, 1.82) is 0 Å². The number of benzene rings is 1. The first kappa shape index (κ1) is 18.6. The zero-order chi connectivity index (χ0) is 16.0. The minimum absolute atomic E-state index is 0.311. The standard InChI is InChI=1S/C15H23FO6/c1-18-4-5-19-6-7-20-8-9-21-10-11-22-13-2-3-14(16)15(17)12-13/h2-3,12,17H,4-11H2,1H3. The maximum absolute atomic E-state index is 12.8. The number of hydrogen-bond donors (Lipinski definition) is 1. The van der Waals surface area contributed by atoms with Gasteiger partial charge in [-0.15, -0.1) is 0 Å². The van der Waals surface area contributed by atoms with Crippen molar-refractivity contribution in [3.63, 3.8) is 0 Å². The van der Waals surface area contributed by atoms with E-state index in [0.29, 0.717) is 58.6 Å². The summed E-state index contributed by atoms with van der Waals surface area (Å²) < 4.78 is 38.8. The molecule has 0 fully saturated rings. The van der Waals surface area contributed by atoms with Crippen LogP contribution in [0.1, 0.15) is 0 Å². The number of ether oxygens (including phenoxy) is 5. The van der Waals surface area contributed by atoms with Gasteiger partial charge in [-0.3, -0.25) is 0 Å². The van der Waals surface area contributed by atoms with Crippen molar-refractivity contribution in [2.45, 2.75) is 0 Å². The Hall–Kier alpha value is -1.41. The van der Waals surface area contributed by atoms with E-state index in [1.54, 1.807) is 7.11 Å². The van der Waals surface area contributed by atoms with Gasteiger partial charge in [0, 0.05) is 13.2 Å². The summed E-state index contributed by atoms with van der Waals surface area (Å²) in [6, 6.07) is 3.82. The number of phenols is 1. The van der Waals surface area contributed by atoms with E-state index in [4.69, 9.17) is 23.7 Å². The molecule has 1 rings (SSSR count). The average molecular weight is 318 g/mol. The van der Waals surface area contributed by atoms with Crippen molar-refractivity contribution < 1.29 is 33.2 Å². The first-order valence-corrected chi connectivity index (χ1v) is 7.07. The lowest BCUT2D eigenvalue weighted by molar-refractivity contribution is 0.000155. The summed E-state index contributed by atoms with van der Waals surface area (Å²) in [5, 5.41) is 9.17. The third-order valence-electron chi connectivity index (χ3n) is 2.59. The molecule has 7 heteroatoms. The number of phenolic OH excluding ortho intramolecular Hbond substituents is 1. The minimum atomic E-state index is -0.674. The Bertz CT molecular complexity index is 402. The van der Waals surface area contributed by atoms with Gasteiger partial charge in [-0.25, -0.2) is 4.39 Å². The van der Waals surface area contributed by atoms with Gasteiger partial charge in [-0.1, -0.05) is 0 Å². The van der Waals surface area contributed by atoms with Gasteiger partial charge in [0.2, 0.25) is 0 Å². The first-order valence-electron chi connectivity index (χ1n) is 7.07. The van der Waals surface area contributed by atoms with Crippen LogP contribution in [0.15, 0.2) is 18.2 Å². The minimum Gasteiger partial charge on any atom is -0.505 e. The normalized spacial score (nSPS) is 10.8. The Balaban J connectivity index is 1.88. The van der Waals surface area contributed by atoms with Crippen molar-refractivity contribution in [3.8, 4) is 11.5 Å². The number of methoxy groups -OCH3 is 1. The van der Waals surface area contributed by atoms with E-state index in [9.17, 15) is 9.50 Å². The van der Waals surface area contributed by atoms with Crippen LogP contribution in [0, 0.1) is 5.82 Å². The molecule has 0 amide bonds. The molecule has 0 atom stereocenters. The van der Waals surface area contributed by atoms with Crippen LogP contribution < -0.4 is 4.74 Å². The van der Waals surface area contributed by atoms with E-state index in [1.165, 1.54) is 12.1 Å². The van der Waals surface area contributed by atoms with E-state index in [0.717, 1.165) is 6.07 Å². The maximum Gasteiger partial charge on any atom is 0.165 e. The van der Waals surface area contributed by atoms with Crippen LogP contribution in [-0.4, -0.2) is 65.1 Å². The van der Waals surface area contributed by atoms with Crippen molar-refractivity contribution in [3.05, 3.63) is 24.0 Å². The van der Waals surface area contributed by atoms with Crippen LogP contribution >= 0.6 is 0 Å². The summed E-state index contributed by atoms with van der Waals surface area (Å²) in [6.07, 6.45) is 0. The molecule has 0 unspecified atom stereocenters. The molecule has 126 valence electrons. The smallest absolute Gasteiger partial charge is 0.165 e. The van der Waals surface area contributed by atoms with Gasteiger partial charge in [0.25, 0.3) is 0 Å². The zero-order valence-electron chi connectivity index (χ0n) is 12.8. The summed E-state index contributed by atoms with van der Waals surface area (Å²) >= 11 is 0.